The lowest BCUT2D eigenvalue weighted by Gasteiger charge is -2.30. The quantitative estimate of drug-likeness (QED) is 0.0319. The third-order valence-corrected chi connectivity index (χ3v) is 14.3. The SMILES string of the molecule is NCCNc1nc(NCCC[Si](Oc2ccccc2)(Oc2ccccc2)Oc2ccccc2)nc(NCCC[Si](Oc2ccccc2)(Oc2ccccc2)Oc2ccccc2)n1. The van der Waals surface area contributed by atoms with E-state index in [1.54, 1.807) is 0 Å². The van der Waals surface area contributed by atoms with Gasteiger partial charge in [-0.1, -0.05) is 109 Å². The highest BCUT2D eigenvalue weighted by molar-refractivity contribution is 6.63. The number of nitrogens with two attached hydrogens (primary N) is 1. The second kappa shape index (κ2) is 22.5. The van der Waals surface area contributed by atoms with Gasteiger partial charge in [0.15, 0.2) is 0 Å². The molecule has 1 heterocycles. The van der Waals surface area contributed by atoms with Crippen LogP contribution in [0.1, 0.15) is 12.8 Å². The van der Waals surface area contributed by atoms with E-state index in [-0.39, 0.29) is 0 Å². The molecule has 0 spiro atoms. The largest absolute Gasteiger partial charge is 0.699 e. The van der Waals surface area contributed by atoms with Crippen molar-refractivity contribution in [1.82, 2.24) is 15.0 Å². The van der Waals surface area contributed by atoms with Gasteiger partial charge in [-0.15, -0.1) is 0 Å². The molecule has 0 atom stereocenters. The van der Waals surface area contributed by atoms with Crippen LogP contribution in [-0.4, -0.2) is 58.7 Å². The van der Waals surface area contributed by atoms with Crippen LogP contribution in [0.5, 0.6) is 34.5 Å². The van der Waals surface area contributed by atoms with E-state index in [4.69, 9.17) is 37.3 Å². The summed E-state index contributed by atoms with van der Waals surface area (Å²) in [7, 11) is -6.93. The van der Waals surface area contributed by atoms with Gasteiger partial charge in [-0.2, -0.15) is 15.0 Å². The first-order valence-corrected chi connectivity index (χ1v) is 24.5. The zero-order chi connectivity index (χ0) is 42.6. The third kappa shape index (κ3) is 13.5. The molecule has 7 rings (SSSR count). The van der Waals surface area contributed by atoms with Gasteiger partial charge in [-0.05, 0) is 85.6 Å². The van der Waals surface area contributed by atoms with Gasteiger partial charge < -0.3 is 48.2 Å². The highest BCUT2D eigenvalue weighted by Gasteiger charge is 2.50. The normalized spacial score (nSPS) is 11.2. The standard InChI is InChI=1S/C47H51N7O6Si2/c48-33-36-51-47-53-45(49-34-19-37-61(55-39-21-7-1-8-22-39,56-40-23-9-2-10-24-40)57-41-25-11-3-12-26-41)52-46(54-47)50-35-20-38-62(58-42-27-13-4-14-28-42,59-43-29-15-5-16-30-43)60-44-31-17-6-18-32-44/h1-18,21-32H,19-20,33-38,48H2,(H3,49,50,51,52,53,54). The van der Waals surface area contributed by atoms with Crippen LogP contribution in [-0.2, 0) is 0 Å². The van der Waals surface area contributed by atoms with Crippen LogP contribution in [0.25, 0.3) is 0 Å². The Morgan fingerprint density at radius 2 is 0.565 bits per heavy atom. The molecule has 0 saturated heterocycles. The van der Waals surface area contributed by atoms with E-state index >= 15 is 0 Å². The number of benzene rings is 6. The highest BCUT2D eigenvalue weighted by atomic mass is 28.4. The summed E-state index contributed by atoms with van der Waals surface area (Å²) in [5.41, 5.74) is 5.83. The minimum atomic E-state index is -3.47. The van der Waals surface area contributed by atoms with Crippen LogP contribution in [0.3, 0.4) is 0 Å². The predicted octanol–water partition coefficient (Wildman–Crippen LogP) is 9.20. The Kier molecular flexibility index (Phi) is 15.6. The van der Waals surface area contributed by atoms with Crippen molar-refractivity contribution in [2.45, 2.75) is 24.9 Å². The number of hydrogen-bond donors (Lipinski definition) is 4. The number of nitrogens with zero attached hydrogens (tertiary/aromatic N) is 3. The minimum absolute atomic E-state index is 0.391. The molecule has 0 saturated carbocycles. The van der Waals surface area contributed by atoms with E-state index in [0.717, 1.165) is 0 Å². The Balaban J connectivity index is 1.05. The molecule has 0 aliphatic carbocycles. The Bertz CT molecular complexity index is 1970. The van der Waals surface area contributed by atoms with Gasteiger partial charge in [0.1, 0.15) is 34.5 Å². The van der Waals surface area contributed by atoms with Gasteiger partial charge in [0, 0.05) is 26.2 Å². The summed E-state index contributed by atoms with van der Waals surface area (Å²) in [6.45, 7) is 1.87. The van der Waals surface area contributed by atoms with Crippen LogP contribution < -0.4 is 48.2 Å². The molecule has 5 N–H and O–H groups in total. The number of nitrogens with one attached hydrogen (secondary N) is 3. The molecule has 62 heavy (non-hydrogen) atoms. The molecule has 0 aliphatic heterocycles. The van der Waals surface area contributed by atoms with Crippen molar-refractivity contribution in [3.8, 4) is 34.5 Å². The molecule has 15 heteroatoms. The number of hydrogen-bond acceptors (Lipinski definition) is 13. The molecular formula is C47H51N7O6Si2. The van der Waals surface area contributed by atoms with Gasteiger partial charge in [0.25, 0.3) is 0 Å². The van der Waals surface area contributed by atoms with Crippen molar-refractivity contribution < 1.29 is 26.6 Å². The van der Waals surface area contributed by atoms with Crippen LogP contribution in [0.2, 0.25) is 12.1 Å². The van der Waals surface area contributed by atoms with E-state index in [2.05, 4.69) is 25.9 Å². The molecule has 6 aromatic carbocycles. The fourth-order valence-electron chi connectivity index (χ4n) is 6.25. The second-order valence-corrected chi connectivity index (χ2v) is 18.9. The van der Waals surface area contributed by atoms with Crippen molar-refractivity contribution in [3.63, 3.8) is 0 Å². The first kappa shape index (κ1) is 43.0. The van der Waals surface area contributed by atoms with Crippen molar-refractivity contribution in [2.24, 2.45) is 5.73 Å². The van der Waals surface area contributed by atoms with E-state index < -0.39 is 17.6 Å². The summed E-state index contributed by atoms with van der Waals surface area (Å²) in [5.74, 6) is 5.13. The molecule has 7 aromatic rings. The van der Waals surface area contributed by atoms with Gasteiger partial charge >= 0.3 is 17.6 Å². The molecule has 0 amide bonds. The lowest BCUT2D eigenvalue weighted by Crippen LogP contribution is -2.55. The first-order valence-electron chi connectivity index (χ1n) is 20.7. The van der Waals surface area contributed by atoms with E-state index in [1.165, 1.54) is 0 Å². The van der Waals surface area contributed by atoms with Crippen LogP contribution in [0.4, 0.5) is 17.8 Å². The topological polar surface area (TPSA) is 156 Å². The fraction of sp³-hybridized carbons (Fsp3) is 0.170. The van der Waals surface area contributed by atoms with E-state index in [9.17, 15) is 0 Å². The monoisotopic (exact) mass is 865 g/mol. The predicted molar refractivity (Wildman–Crippen MR) is 247 cm³/mol. The molecule has 0 unspecified atom stereocenters. The lowest BCUT2D eigenvalue weighted by molar-refractivity contribution is 0.258. The van der Waals surface area contributed by atoms with Crippen molar-refractivity contribution >= 4 is 35.5 Å². The van der Waals surface area contributed by atoms with Crippen molar-refractivity contribution in [1.29, 1.82) is 0 Å². The Morgan fingerprint density at radius 3 is 0.790 bits per heavy atom. The number of aromatic nitrogens is 3. The third-order valence-electron chi connectivity index (χ3n) is 9.05. The highest BCUT2D eigenvalue weighted by Crippen LogP contribution is 2.29. The fourth-order valence-corrected chi connectivity index (χ4v) is 11.3. The van der Waals surface area contributed by atoms with E-state index in [0.29, 0.717) is 103 Å². The molecule has 318 valence electrons. The van der Waals surface area contributed by atoms with E-state index in [1.807, 2.05) is 182 Å². The average molecular weight is 866 g/mol. The molecule has 0 radical (unpaired) electrons. The van der Waals surface area contributed by atoms with Crippen molar-refractivity contribution in [3.05, 3.63) is 182 Å². The molecular weight excluding hydrogens is 815 g/mol. The molecule has 0 aliphatic rings. The molecule has 0 fully saturated rings. The molecule has 1 aromatic heterocycles. The Labute approximate surface area is 365 Å². The zero-order valence-corrected chi connectivity index (χ0v) is 36.3. The summed E-state index contributed by atoms with van der Waals surface area (Å²) in [5, 5.41) is 9.98. The number of rotatable bonds is 25. The maximum Gasteiger partial charge on any atom is 0.699 e. The minimum Gasteiger partial charge on any atom is -0.483 e. The zero-order valence-electron chi connectivity index (χ0n) is 34.3. The van der Waals surface area contributed by atoms with Crippen LogP contribution in [0.15, 0.2) is 182 Å². The summed E-state index contributed by atoms with van der Waals surface area (Å²) in [6.07, 6.45) is 1.21. The maximum absolute atomic E-state index is 6.69. The van der Waals surface area contributed by atoms with Gasteiger partial charge in [-0.3, -0.25) is 0 Å². The number of para-hydroxylation sites is 6. The Hall–Kier alpha value is -7.08. The van der Waals surface area contributed by atoms with Crippen LogP contribution in [0, 0.1) is 0 Å². The smallest absolute Gasteiger partial charge is 0.483 e. The van der Waals surface area contributed by atoms with Crippen LogP contribution >= 0.6 is 0 Å². The van der Waals surface area contributed by atoms with Gasteiger partial charge in [0.05, 0.1) is 12.1 Å². The van der Waals surface area contributed by atoms with Crippen molar-refractivity contribution in [2.75, 3.05) is 42.1 Å². The maximum atomic E-state index is 6.69. The average Bonchev–Trinajstić information content (AvgIpc) is 3.30. The number of anilines is 3. The second-order valence-electron chi connectivity index (χ2n) is 13.9. The van der Waals surface area contributed by atoms with Gasteiger partial charge in [-0.25, -0.2) is 0 Å². The summed E-state index contributed by atoms with van der Waals surface area (Å²) in [4.78, 5) is 14.0. The summed E-state index contributed by atoms with van der Waals surface area (Å²) < 4.78 is 40.2. The molecule has 0 bridgehead atoms. The summed E-state index contributed by atoms with van der Waals surface area (Å²) in [6, 6.07) is 58.6. The summed E-state index contributed by atoms with van der Waals surface area (Å²) >= 11 is 0. The van der Waals surface area contributed by atoms with Gasteiger partial charge in [0.2, 0.25) is 17.8 Å². The Morgan fingerprint density at radius 1 is 0.339 bits per heavy atom. The first-order chi connectivity index (χ1) is 30.6. The lowest BCUT2D eigenvalue weighted by atomic mass is 10.3. The molecule has 13 nitrogen and oxygen atoms in total.